The highest BCUT2D eigenvalue weighted by Crippen LogP contribution is 2.19. The smallest absolute Gasteiger partial charge is 0.342 e. The van der Waals surface area contributed by atoms with Crippen molar-refractivity contribution < 1.29 is 22.8 Å². The van der Waals surface area contributed by atoms with Crippen LogP contribution < -0.4 is 5.32 Å². The van der Waals surface area contributed by atoms with Gasteiger partial charge in [0, 0.05) is 12.0 Å². The Labute approximate surface area is 120 Å². The molecule has 0 aliphatic heterocycles. The van der Waals surface area contributed by atoms with E-state index in [9.17, 15) is 22.8 Å². The quantitative estimate of drug-likeness (QED) is 0.644. The van der Waals surface area contributed by atoms with Crippen molar-refractivity contribution in [1.29, 1.82) is 0 Å². The fourth-order valence-corrected chi connectivity index (χ4v) is 1.70. The van der Waals surface area contributed by atoms with E-state index in [1.807, 2.05) is 5.32 Å². The van der Waals surface area contributed by atoms with Crippen molar-refractivity contribution in [3.8, 4) is 0 Å². The van der Waals surface area contributed by atoms with Crippen LogP contribution in [0.5, 0.6) is 0 Å². The van der Waals surface area contributed by atoms with E-state index in [0.29, 0.717) is 24.0 Å². The van der Waals surface area contributed by atoms with Crippen molar-refractivity contribution in [2.24, 2.45) is 0 Å². The second-order valence-corrected chi connectivity index (χ2v) is 4.57. The number of allylic oxidation sites excluding steroid dienone is 1. The largest absolute Gasteiger partial charge is 0.471 e. The van der Waals surface area contributed by atoms with Crippen LogP contribution in [0.4, 0.5) is 13.2 Å². The molecule has 1 aromatic rings. The average molecular weight is 299 g/mol. The number of halogens is 3. The van der Waals surface area contributed by atoms with E-state index >= 15 is 0 Å². The van der Waals surface area contributed by atoms with Gasteiger partial charge < -0.3 is 5.32 Å². The van der Waals surface area contributed by atoms with E-state index in [1.165, 1.54) is 31.2 Å². The molecule has 0 fully saturated rings. The first-order valence-electron chi connectivity index (χ1n) is 6.37. The molecule has 0 saturated heterocycles. The molecular weight excluding hydrogens is 283 g/mol. The summed E-state index contributed by atoms with van der Waals surface area (Å²) < 4.78 is 36.4. The van der Waals surface area contributed by atoms with E-state index in [4.69, 9.17) is 0 Å². The summed E-state index contributed by atoms with van der Waals surface area (Å²) in [6.45, 7) is 4.97. The second-order valence-electron chi connectivity index (χ2n) is 4.57. The number of Topliss-reactive ketones (excluding diaryl/α,β-unsaturated/α-hetero) is 1. The number of benzene rings is 1. The molecule has 6 heteroatoms. The molecule has 0 aliphatic rings. The van der Waals surface area contributed by atoms with Crippen LogP contribution in [0.3, 0.4) is 0 Å². The van der Waals surface area contributed by atoms with E-state index in [-0.39, 0.29) is 5.78 Å². The molecule has 0 aromatic heterocycles. The molecule has 21 heavy (non-hydrogen) atoms. The zero-order valence-corrected chi connectivity index (χ0v) is 11.5. The summed E-state index contributed by atoms with van der Waals surface area (Å²) >= 11 is 0. The molecule has 0 unspecified atom stereocenters. The fourth-order valence-electron chi connectivity index (χ4n) is 1.70. The van der Waals surface area contributed by atoms with Crippen molar-refractivity contribution in [3.63, 3.8) is 0 Å². The molecule has 0 bridgehead atoms. The van der Waals surface area contributed by atoms with Gasteiger partial charge in [-0.1, -0.05) is 30.3 Å². The number of hydrogen-bond acceptors (Lipinski definition) is 2. The standard InChI is InChI=1S/C15H16F3NO2/c1-3-4-5-13(20)12-8-6-11(7-9-12)10(2)19-14(21)15(16,17)18/h3,6-10H,1,4-5H2,2H3,(H,19,21)/t10-/m0/s1. The minimum atomic E-state index is -4.91. The van der Waals surface area contributed by atoms with Gasteiger partial charge in [-0.05, 0) is 18.9 Å². The zero-order chi connectivity index (χ0) is 16.0. The maximum absolute atomic E-state index is 12.1. The number of rotatable bonds is 6. The highest BCUT2D eigenvalue weighted by molar-refractivity contribution is 5.96. The second kappa shape index (κ2) is 7.06. The van der Waals surface area contributed by atoms with E-state index in [2.05, 4.69) is 6.58 Å². The van der Waals surface area contributed by atoms with Crippen molar-refractivity contribution in [1.82, 2.24) is 5.32 Å². The molecular formula is C15H16F3NO2. The van der Waals surface area contributed by atoms with Crippen molar-refractivity contribution in [2.75, 3.05) is 0 Å². The van der Waals surface area contributed by atoms with E-state index < -0.39 is 18.1 Å². The number of nitrogens with one attached hydrogen (secondary N) is 1. The molecule has 3 nitrogen and oxygen atoms in total. The first-order chi connectivity index (χ1) is 9.75. The Morgan fingerprint density at radius 3 is 2.33 bits per heavy atom. The Balaban J connectivity index is 2.71. The number of ketones is 1. The third-order valence-corrected chi connectivity index (χ3v) is 2.91. The maximum Gasteiger partial charge on any atom is 0.471 e. The number of amides is 1. The molecule has 0 saturated carbocycles. The Morgan fingerprint density at radius 2 is 1.86 bits per heavy atom. The minimum absolute atomic E-state index is 0.0616. The first-order valence-corrected chi connectivity index (χ1v) is 6.37. The Hall–Kier alpha value is -2.11. The van der Waals surface area contributed by atoms with Gasteiger partial charge in [-0.25, -0.2) is 0 Å². The van der Waals surface area contributed by atoms with E-state index in [0.717, 1.165) is 0 Å². The predicted octanol–water partition coefficient (Wildman–Crippen LogP) is 3.58. The van der Waals surface area contributed by atoms with Crippen molar-refractivity contribution in [3.05, 3.63) is 48.0 Å². The Kier molecular flexibility index (Phi) is 5.69. The molecule has 1 N–H and O–H groups in total. The van der Waals surface area contributed by atoms with Crippen LogP contribution >= 0.6 is 0 Å². The zero-order valence-electron chi connectivity index (χ0n) is 11.5. The highest BCUT2D eigenvalue weighted by Gasteiger charge is 2.39. The Morgan fingerprint density at radius 1 is 1.29 bits per heavy atom. The van der Waals surface area contributed by atoms with Gasteiger partial charge >= 0.3 is 12.1 Å². The SMILES string of the molecule is C=CCCC(=O)c1ccc([C@H](C)NC(=O)C(F)(F)F)cc1. The molecule has 114 valence electrons. The van der Waals surface area contributed by atoms with Gasteiger partial charge in [0.15, 0.2) is 5.78 Å². The summed E-state index contributed by atoms with van der Waals surface area (Å²) in [5, 5.41) is 1.86. The Bertz CT molecular complexity index is 521. The van der Waals surface area contributed by atoms with Gasteiger partial charge in [0.2, 0.25) is 0 Å². The van der Waals surface area contributed by atoms with Crippen molar-refractivity contribution in [2.45, 2.75) is 32.0 Å². The molecule has 0 radical (unpaired) electrons. The normalized spacial score (nSPS) is 12.6. The van der Waals surface area contributed by atoms with Crippen LogP contribution in [0.15, 0.2) is 36.9 Å². The van der Waals surface area contributed by atoms with Crippen LogP contribution in [-0.2, 0) is 4.79 Å². The lowest BCUT2D eigenvalue weighted by molar-refractivity contribution is -0.174. The molecule has 0 spiro atoms. The van der Waals surface area contributed by atoms with Gasteiger partial charge in [-0.3, -0.25) is 9.59 Å². The summed E-state index contributed by atoms with van der Waals surface area (Å²) in [7, 11) is 0. The highest BCUT2D eigenvalue weighted by atomic mass is 19.4. The maximum atomic E-state index is 12.1. The van der Waals surface area contributed by atoms with Crippen LogP contribution in [0.25, 0.3) is 0 Å². The lowest BCUT2D eigenvalue weighted by atomic mass is 10.0. The van der Waals surface area contributed by atoms with Crippen LogP contribution in [-0.4, -0.2) is 17.9 Å². The lowest BCUT2D eigenvalue weighted by Gasteiger charge is -2.15. The molecule has 1 amide bonds. The van der Waals surface area contributed by atoms with Gasteiger partial charge in [-0.2, -0.15) is 13.2 Å². The molecule has 1 aromatic carbocycles. The summed E-state index contributed by atoms with van der Waals surface area (Å²) in [4.78, 5) is 22.6. The van der Waals surface area contributed by atoms with Gasteiger partial charge in [0.25, 0.3) is 0 Å². The predicted molar refractivity (Wildman–Crippen MR) is 72.8 cm³/mol. The fraction of sp³-hybridized carbons (Fsp3) is 0.333. The van der Waals surface area contributed by atoms with Gasteiger partial charge in [-0.15, -0.1) is 6.58 Å². The number of carbonyl (C=O) groups excluding carboxylic acids is 2. The summed E-state index contributed by atoms with van der Waals surface area (Å²) in [5.74, 6) is -2.05. The van der Waals surface area contributed by atoms with Gasteiger partial charge in [0.05, 0.1) is 6.04 Å². The topological polar surface area (TPSA) is 46.2 Å². The minimum Gasteiger partial charge on any atom is -0.342 e. The molecule has 1 atom stereocenters. The molecule has 0 heterocycles. The summed E-state index contributed by atoms with van der Waals surface area (Å²) in [5.41, 5.74) is 0.975. The van der Waals surface area contributed by atoms with Crippen LogP contribution in [0.1, 0.15) is 41.7 Å². The third kappa shape index (κ3) is 5.06. The number of carbonyl (C=O) groups is 2. The number of hydrogen-bond donors (Lipinski definition) is 1. The average Bonchev–Trinajstić information content (AvgIpc) is 2.43. The van der Waals surface area contributed by atoms with Crippen LogP contribution in [0, 0.1) is 0 Å². The monoisotopic (exact) mass is 299 g/mol. The first kappa shape index (κ1) is 16.9. The number of alkyl halides is 3. The van der Waals surface area contributed by atoms with Crippen LogP contribution in [0.2, 0.25) is 0 Å². The molecule has 0 aliphatic carbocycles. The molecule has 1 rings (SSSR count). The summed E-state index contributed by atoms with van der Waals surface area (Å²) in [6.07, 6.45) is -2.36. The third-order valence-electron chi connectivity index (χ3n) is 2.91. The lowest BCUT2D eigenvalue weighted by Crippen LogP contribution is -2.38. The van der Waals surface area contributed by atoms with Gasteiger partial charge in [0.1, 0.15) is 0 Å². The van der Waals surface area contributed by atoms with E-state index in [1.54, 1.807) is 6.08 Å². The summed E-state index contributed by atoms with van der Waals surface area (Å²) in [6, 6.07) is 5.34. The van der Waals surface area contributed by atoms with Crippen molar-refractivity contribution >= 4 is 11.7 Å².